The van der Waals surface area contributed by atoms with Crippen LogP contribution in [0.2, 0.25) is 0 Å². The first-order chi connectivity index (χ1) is 22.9. The van der Waals surface area contributed by atoms with Crippen LogP contribution in [0.3, 0.4) is 0 Å². The van der Waals surface area contributed by atoms with E-state index in [-0.39, 0.29) is 24.2 Å². The Bertz CT molecular complexity index is 1450. The molecule has 0 aliphatic heterocycles. The molecule has 0 heterocycles. The highest BCUT2D eigenvalue weighted by molar-refractivity contribution is 7.87. The van der Waals surface area contributed by atoms with E-state index in [2.05, 4.69) is 21.6 Å². The predicted molar refractivity (Wildman–Crippen MR) is 175 cm³/mol. The molecule has 0 aromatic heterocycles. The summed E-state index contributed by atoms with van der Waals surface area (Å²) in [6.45, 7) is 0.351. The van der Waals surface area contributed by atoms with Crippen molar-refractivity contribution < 1.29 is 44.1 Å². The molecule has 0 amide bonds. The van der Waals surface area contributed by atoms with E-state index in [1.807, 2.05) is 0 Å². The molecule has 3 aliphatic rings. The van der Waals surface area contributed by atoms with Gasteiger partial charge < -0.3 is 9.47 Å². The summed E-state index contributed by atoms with van der Waals surface area (Å²) in [6, 6.07) is 8.64. The van der Waals surface area contributed by atoms with Gasteiger partial charge in [0.15, 0.2) is 12.3 Å². The molecule has 266 valence electrons. The van der Waals surface area contributed by atoms with E-state index in [1.54, 1.807) is 6.92 Å². The normalized spacial score (nSPS) is 19.7. The standard InChI is InChI=1S/C36H46F5NO5S/c1-2-45-30-20-18-28(19-21-30)34(36(39,40)41)42-47-48(43,44)35(37,38)24-46-33-31(26-14-8-4-9-15-26)22-29(25-12-6-3-7-13-25)23-32(33)27-16-10-5-11-17-27/h18-23,25-27H,2-17,24H2,1H3/b42-34-. The molecule has 48 heavy (non-hydrogen) atoms. The smallest absolute Gasteiger partial charge is 0.437 e. The topological polar surface area (TPSA) is 74.2 Å². The van der Waals surface area contributed by atoms with Gasteiger partial charge in [0.1, 0.15) is 11.5 Å². The number of oxime groups is 1. The average molecular weight is 700 g/mol. The van der Waals surface area contributed by atoms with Gasteiger partial charge in [0.2, 0.25) is 0 Å². The van der Waals surface area contributed by atoms with Crippen molar-refractivity contribution in [2.24, 2.45) is 5.16 Å². The molecule has 0 unspecified atom stereocenters. The van der Waals surface area contributed by atoms with Gasteiger partial charge in [-0.15, -0.1) is 0 Å². The Morgan fingerprint density at radius 2 is 1.21 bits per heavy atom. The van der Waals surface area contributed by atoms with Crippen LogP contribution in [-0.4, -0.2) is 38.8 Å². The van der Waals surface area contributed by atoms with E-state index in [0.717, 1.165) is 113 Å². The quantitative estimate of drug-likeness (QED) is 0.125. The van der Waals surface area contributed by atoms with Crippen molar-refractivity contribution in [3.63, 3.8) is 0 Å². The molecule has 0 bridgehead atoms. The number of halogens is 5. The van der Waals surface area contributed by atoms with Gasteiger partial charge in [-0.2, -0.15) is 30.4 Å². The molecular formula is C36H46F5NO5S. The minimum Gasteiger partial charge on any atom is -0.494 e. The molecule has 0 N–H and O–H groups in total. The molecule has 2 aromatic carbocycles. The molecule has 3 fully saturated rings. The fraction of sp³-hybridized carbons (Fsp3) is 0.639. The van der Waals surface area contributed by atoms with E-state index >= 15 is 8.78 Å². The molecule has 0 spiro atoms. The van der Waals surface area contributed by atoms with Crippen molar-refractivity contribution in [3.8, 4) is 11.5 Å². The first-order valence-electron chi connectivity index (χ1n) is 17.4. The molecule has 2 aromatic rings. The Balaban J connectivity index is 1.45. The highest BCUT2D eigenvalue weighted by Crippen LogP contribution is 2.48. The van der Waals surface area contributed by atoms with Crippen LogP contribution in [-0.2, 0) is 14.4 Å². The lowest BCUT2D eigenvalue weighted by Gasteiger charge is -2.32. The fourth-order valence-electron chi connectivity index (χ4n) is 7.48. The lowest BCUT2D eigenvalue weighted by Crippen LogP contribution is -2.37. The number of rotatable bonds is 12. The zero-order valence-electron chi connectivity index (χ0n) is 27.5. The fourth-order valence-corrected chi connectivity index (χ4v) is 7.97. The lowest BCUT2D eigenvalue weighted by atomic mass is 9.75. The summed E-state index contributed by atoms with van der Waals surface area (Å²) in [6.07, 6.45) is 10.1. The van der Waals surface area contributed by atoms with Gasteiger partial charge in [0, 0.05) is 5.56 Å². The maximum absolute atomic E-state index is 15.5. The predicted octanol–water partition coefficient (Wildman–Crippen LogP) is 10.5. The Hall–Kier alpha value is -2.89. The van der Waals surface area contributed by atoms with Crippen molar-refractivity contribution in [2.45, 2.75) is 132 Å². The van der Waals surface area contributed by atoms with Crippen LogP contribution in [0.15, 0.2) is 41.6 Å². The van der Waals surface area contributed by atoms with Crippen molar-refractivity contribution in [1.29, 1.82) is 0 Å². The minimum atomic E-state index is -5.98. The summed E-state index contributed by atoms with van der Waals surface area (Å²) in [7, 11) is -5.98. The monoisotopic (exact) mass is 699 g/mol. The minimum absolute atomic E-state index is 0.0918. The Morgan fingerprint density at radius 3 is 1.67 bits per heavy atom. The van der Waals surface area contributed by atoms with Gasteiger partial charge in [-0.1, -0.05) is 75.1 Å². The molecule has 3 saturated carbocycles. The molecule has 0 atom stereocenters. The van der Waals surface area contributed by atoms with E-state index in [9.17, 15) is 21.6 Å². The Labute approximate surface area is 280 Å². The zero-order chi connectivity index (χ0) is 34.4. The second-order valence-electron chi connectivity index (χ2n) is 13.4. The van der Waals surface area contributed by atoms with Crippen LogP contribution in [0.1, 0.15) is 143 Å². The van der Waals surface area contributed by atoms with Crippen LogP contribution < -0.4 is 9.47 Å². The summed E-state index contributed by atoms with van der Waals surface area (Å²) in [5.74, 6) is 1.14. The zero-order valence-corrected chi connectivity index (χ0v) is 28.3. The second kappa shape index (κ2) is 15.8. The van der Waals surface area contributed by atoms with E-state index < -0.39 is 39.4 Å². The van der Waals surface area contributed by atoms with Gasteiger partial charge in [0.25, 0.3) is 0 Å². The number of alkyl halides is 5. The van der Waals surface area contributed by atoms with Gasteiger partial charge in [-0.25, -0.2) is 0 Å². The third-order valence-corrected chi connectivity index (χ3v) is 11.1. The van der Waals surface area contributed by atoms with Crippen LogP contribution >= 0.6 is 0 Å². The van der Waals surface area contributed by atoms with Crippen LogP contribution in [0.25, 0.3) is 0 Å². The molecule has 12 heteroatoms. The molecule has 3 aliphatic carbocycles. The highest BCUT2D eigenvalue weighted by atomic mass is 32.2. The number of benzene rings is 2. The van der Waals surface area contributed by atoms with Crippen LogP contribution in [0, 0.1) is 0 Å². The largest absolute Gasteiger partial charge is 0.494 e. The third-order valence-electron chi connectivity index (χ3n) is 10.0. The SMILES string of the molecule is CCOc1ccc(/C(=N/OS(=O)(=O)C(F)(F)COc2c(C3CCCCC3)cc(C3CCCCC3)cc2C2CCCCC2)C(F)(F)F)cc1. The maximum Gasteiger partial charge on any atom is 0.437 e. The lowest BCUT2D eigenvalue weighted by molar-refractivity contribution is -0.0600. The van der Waals surface area contributed by atoms with E-state index in [4.69, 9.17) is 9.47 Å². The van der Waals surface area contributed by atoms with Gasteiger partial charge >= 0.3 is 21.5 Å². The van der Waals surface area contributed by atoms with Crippen molar-refractivity contribution in [1.82, 2.24) is 0 Å². The van der Waals surface area contributed by atoms with Gasteiger partial charge in [0.05, 0.1) is 6.61 Å². The number of hydrogen-bond acceptors (Lipinski definition) is 6. The van der Waals surface area contributed by atoms with Gasteiger partial charge in [-0.3, -0.25) is 4.28 Å². The van der Waals surface area contributed by atoms with Crippen molar-refractivity contribution >= 4 is 15.8 Å². The van der Waals surface area contributed by atoms with E-state index in [1.165, 1.54) is 24.1 Å². The molecular weight excluding hydrogens is 653 g/mol. The summed E-state index contributed by atoms with van der Waals surface area (Å²) >= 11 is 0. The summed E-state index contributed by atoms with van der Waals surface area (Å²) in [4.78, 5) is 0. The molecule has 0 saturated heterocycles. The van der Waals surface area contributed by atoms with Crippen LogP contribution in [0.5, 0.6) is 11.5 Å². The third kappa shape index (κ3) is 8.82. The molecule has 0 radical (unpaired) electrons. The maximum atomic E-state index is 15.5. The highest BCUT2D eigenvalue weighted by Gasteiger charge is 2.50. The number of hydrogen-bond donors (Lipinski definition) is 0. The van der Waals surface area contributed by atoms with Crippen molar-refractivity contribution in [2.75, 3.05) is 13.2 Å². The number of nitrogens with zero attached hydrogens (tertiary/aromatic N) is 1. The average Bonchev–Trinajstić information content (AvgIpc) is 3.08. The Morgan fingerprint density at radius 1 is 0.729 bits per heavy atom. The van der Waals surface area contributed by atoms with Crippen molar-refractivity contribution in [3.05, 3.63) is 58.7 Å². The van der Waals surface area contributed by atoms with E-state index in [0.29, 0.717) is 11.7 Å². The summed E-state index contributed by atoms with van der Waals surface area (Å²) in [5.41, 5.74) is 0.547. The Kier molecular flexibility index (Phi) is 12.0. The molecule has 5 rings (SSSR count). The summed E-state index contributed by atoms with van der Waals surface area (Å²) < 4.78 is 113. The summed E-state index contributed by atoms with van der Waals surface area (Å²) in [5, 5.41) is -1.99. The van der Waals surface area contributed by atoms with Crippen LogP contribution in [0.4, 0.5) is 22.0 Å². The first-order valence-corrected chi connectivity index (χ1v) is 18.8. The molecule has 6 nitrogen and oxygen atoms in total. The second-order valence-corrected chi connectivity index (χ2v) is 15.0. The first kappa shape index (κ1) is 36.4. The number of ether oxygens (including phenoxy) is 2. The van der Waals surface area contributed by atoms with Gasteiger partial charge in [-0.05, 0) is 104 Å².